The molecule has 0 saturated heterocycles. The summed E-state index contributed by atoms with van der Waals surface area (Å²) in [5, 5.41) is 2.87. The quantitative estimate of drug-likeness (QED) is 0.272. The number of fused-ring (bicyclic) bond motifs is 3. The number of hydrogen-bond acceptors (Lipinski definition) is 4. The van der Waals surface area contributed by atoms with Gasteiger partial charge in [0.05, 0.1) is 29.2 Å². The summed E-state index contributed by atoms with van der Waals surface area (Å²) in [5.74, 6) is -0.618. The van der Waals surface area contributed by atoms with Crippen molar-refractivity contribution in [3.63, 3.8) is 0 Å². The molecule has 5 rings (SSSR count). The van der Waals surface area contributed by atoms with Crippen LogP contribution in [0.5, 0.6) is 0 Å². The van der Waals surface area contributed by atoms with Crippen LogP contribution in [0.2, 0.25) is 0 Å². The smallest absolute Gasteiger partial charge is 0.338 e. The number of aromatic nitrogens is 1. The molecule has 1 aliphatic heterocycles. The maximum Gasteiger partial charge on any atom is 0.338 e. The number of nitrogens with zero attached hydrogens (tertiary/aromatic N) is 3. The summed E-state index contributed by atoms with van der Waals surface area (Å²) in [5.41, 5.74) is 5.70. The molecule has 0 spiro atoms. The highest BCUT2D eigenvalue weighted by molar-refractivity contribution is 6.01. The first-order valence-electron chi connectivity index (χ1n) is 13.8. The van der Waals surface area contributed by atoms with Crippen LogP contribution in [-0.2, 0) is 9.53 Å². The second kappa shape index (κ2) is 11.7. The molecule has 3 amide bonds. The van der Waals surface area contributed by atoms with Crippen molar-refractivity contribution in [3.8, 4) is 5.69 Å². The van der Waals surface area contributed by atoms with Crippen molar-refractivity contribution in [2.24, 2.45) is 0 Å². The Balaban J connectivity index is 1.43. The Bertz CT molecular complexity index is 1560. The van der Waals surface area contributed by atoms with Crippen LogP contribution < -0.4 is 10.2 Å². The number of carbonyl (C=O) groups excluding carboxylic acids is 3. The molecule has 8 nitrogen and oxygen atoms in total. The van der Waals surface area contributed by atoms with Gasteiger partial charge in [0.1, 0.15) is 12.6 Å². The Morgan fingerprint density at radius 1 is 0.902 bits per heavy atom. The number of rotatable bonds is 7. The van der Waals surface area contributed by atoms with E-state index in [1.54, 1.807) is 31.2 Å². The molecule has 1 aliphatic rings. The Morgan fingerprint density at radius 2 is 1.59 bits per heavy atom. The molecule has 210 valence electrons. The van der Waals surface area contributed by atoms with E-state index < -0.39 is 12.0 Å². The number of nitrogens with one attached hydrogen (secondary N) is 1. The molecule has 0 saturated carbocycles. The number of carbonyl (C=O) groups is 3. The summed E-state index contributed by atoms with van der Waals surface area (Å²) in [6.45, 7) is 7.70. The Morgan fingerprint density at radius 3 is 2.24 bits per heavy atom. The summed E-state index contributed by atoms with van der Waals surface area (Å²) in [7, 11) is 0. The monoisotopic (exact) mass is 550 g/mol. The molecule has 41 heavy (non-hydrogen) atoms. The van der Waals surface area contributed by atoms with Crippen LogP contribution in [0.1, 0.15) is 54.0 Å². The average molecular weight is 551 g/mol. The van der Waals surface area contributed by atoms with Crippen LogP contribution in [0, 0.1) is 6.92 Å². The van der Waals surface area contributed by atoms with E-state index in [0.29, 0.717) is 11.3 Å². The van der Waals surface area contributed by atoms with E-state index in [4.69, 9.17) is 4.74 Å². The van der Waals surface area contributed by atoms with Crippen LogP contribution in [0.4, 0.5) is 16.2 Å². The van der Waals surface area contributed by atoms with E-state index in [1.807, 2.05) is 80.4 Å². The van der Waals surface area contributed by atoms with Crippen molar-refractivity contribution in [3.05, 3.63) is 114 Å². The minimum absolute atomic E-state index is 0.123. The van der Waals surface area contributed by atoms with Crippen LogP contribution in [0.15, 0.2) is 91.1 Å². The van der Waals surface area contributed by atoms with E-state index in [0.717, 1.165) is 28.2 Å². The zero-order valence-electron chi connectivity index (χ0n) is 23.7. The number of aryl methyl sites for hydroxylation is 1. The molecule has 1 unspecified atom stereocenters. The third kappa shape index (κ3) is 5.59. The Hall–Kier alpha value is -4.85. The van der Waals surface area contributed by atoms with Gasteiger partial charge in [0.2, 0.25) is 5.91 Å². The largest absolute Gasteiger partial charge is 0.462 e. The molecule has 0 radical (unpaired) electrons. The van der Waals surface area contributed by atoms with Crippen molar-refractivity contribution in [1.82, 2.24) is 9.47 Å². The number of benzene rings is 3. The molecule has 1 atom stereocenters. The molecule has 2 heterocycles. The maximum atomic E-state index is 14.2. The van der Waals surface area contributed by atoms with Crippen LogP contribution >= 0.6 is 0 Å². The van der Waals surface area contributed by atoms with E-state index >= 15 is 0 Å². The lowest BCUT2D eigenvalue weighted by Gasteiger charge is -2.40. The summed E-state index contributed by atoms with van der Waals surface area (Å²) in [6, 6.07) is 25.5. The van der Waals surface area contributed by atoms with Gasteiger partial charge in [-0.15, -0.1) is 0 Å². The third-order valence-corrected chi connectivity index (χ3v) is 7.22. The van der Waals surface area contributed by atoms with Gasteiger partial charge >= 0.3 is 12.0 Å². The van der Waals surface area contributed by atoms with E-state index in [-0.39, 0.29) is 31.1 Å². The maximum absolute atomic E-state index is 14.2. The number of amides is 3. The van der Waals surface area contributed by atoms with Crippen molar-refractivity contribution >= 4 is 29.3 Å². The molecule has 0 bridgehead atoms. The Labute approximate surface area is 240 Å². The van der Waals surface area contributed by atoms with Gasteiger partial charge in [0, 0.05) is 17.9 Å². The van der Waals surface area contributed by atoms with Gasteiger partial charge < -0.3 is 19.5 Å². The summed E-state index contributed by atoms with van der Waals surface area (Å²) in [6.07, 6.45) is 2.01. The van der Waals surface area contributed by atoms with Gasteiger partial charge in [-0.05, 0) is 81.8 Å². The predicted octanol–water partition coefficient (Wildman–Crippen LogP) is 6.34. The first-order chi connectivity index (χ1) is 19.8. The summed E-state index contributed by atoms with van der Waals surface area (Å²) >= 11 is 0. The summed E-state index contributed by atoms with van der Waals surface area (Å²) < 4.78 is 7.15. The average Bonchev–Trinajstić information content (AvgIpc) is 3.46. The molecular formula is C33H34N4O4. The molecule has 4 aromatic rings. The lowest BCUT2D eigenvalue weighted by molar-refractivity contribution is -0.119. The Kier molecular flexibility index (Phi) is 7.92. The predicted molar refractivity (Wildman–Crippen MR) is 160 cm³/mol. The second-order valence-electron chi connectivity index (χ2n) is 10.3. The highest BCUT2D eigenvalue weighted by atomic mass is 16.5. The molecular weight excluding hydrogens is 516 g/mol. The first-order valence-corrected chi connectivity index (χ1v) is 13.8. The highest BCUT2D eigenvalue weighted by Crippen LogP contribution is 2.42. The van der Waals surface area contributed by atoms with Gasteiger partial charge in [0.15, 0.2) is 0 Å². The van der Waals surface area contributed by atoms with Crippen molar-refractivity contribution in [1.29, 1.82) is 0 Å². The number of urea groups is 1. The molecule has 1 aromatic heterocycles. The normalized spacial score (nSPS) is 13.8. The van der Waals surface area contributed by atoms with Crippen molar-refractivity contribution in [2.75, 3.05) is 23.4 Å². The minimum Gasteiger partial charge on any atom is -0.462 e. The van der Waals surface area contributed by atoms with Gasteiger partial charge in [-0.3, -0.25) is 9.69 Å². The molecule has 0 aliphatic carbocycles. The van der Waals surface area contributed by atoms with Crippen LogP contribution in [0.3, 0.4) is 0 Å². The van der Waals surface area contributed by atoms with Gasteiger partial charge in [-0.2, -0.15) is 0 Å². The van der Waals surface area contributed by atoms with E-state index in [1.165, 1.54) is 4.90 Å². The SMILES string of the molecule is CCOC(=O)c1ccc(NC(=O)N(CC(=O)N2c3ccccc3-n3cccc3C2c2ccc(C)cc2)C(C)C)cc1. The number of para-hydroxylation sites is 2. The molecule has 0 fully saturated rings. The van der Waals surface area contributed by atoms with E-state index in [9.17, 15) is 14.4 Å². The number of hydrogen-bond donors (Lipinski definition) is 1. The zero-order chi connectivity index (χ0) is 29.1. The molecule has 8 heteroatoms. The molecule has 3 aromatic carbocycles. The van der Waals surface area contributed by atoms with E-state index in [2.05, 4.69) is 22.0 Å². The standard InChI is InChI=1S/C33H34N4O4/c1-5-41-32(39)25-16-18-26(19-17-25)34-33(40)36(22(2)3)21-30(38)37-28-10-7-6-9-27(28)35-20-8-11-29(35)31(37)24-14-12-23(4)13-15-24/h6-20,22,31H,5,21H2,1-4H3,(H,34,40). The number of ether oxygens (including phenoxy) is 1. The number of esters is 1. The minimum atomic E-state index is -0.420. The lowest BCUT2D eigenvalue weighted by atomic mass is 9.97. The van der Waals surface area contributed by atoms with Gasteiger partial charge in [-0.1, -0.05) is 42.0 Å². The number of anilines is 2. The van der Waals surface area contributed by atoms with Crippen LogP contribution in [0.25, 0.3) is 5.69 Å². The third-order valence-electron chi connectivity index (χ3n) is 7.22. The topological polar surface area (TPSA) is 83.9 Å². The van der Waals surface area contributed by atoms with Gasteiger partial charge in [-0.25, -0.2) is 9.59 Å². The lowest BCUT2D eigenvalue weighted by Crippen LogP contribution is -2.49. The van der Waals surface area contributed by atoms with Crippen molar-refractivity contribution < 1.29 is 19.1 Å². The van der Waals surface area contributed by atoms with Crippen LogP contribution in [-0.4, -0.2) is 46.6 Å². The fraction of sp³-hybridized carbons (Fsp3) is 0.242. The first kappa shape index (κ1) is 27.7. The van der Waals surface area contributed by atoms with Gasteiger partial charge in [0.25, 0.3) is 0 Å². The highest BCUT2D eigenvalue weighted by Gasteiger charge is 2.37. The van der Waals surface area contributed by atoms with Crippen molar-refractivity contribution in [2.45, 2.75) is 39.8 Å². The fourth-order valence-corrected chi connectivity index (χ4v) is 5.14. The fourth-order valence-electron chi connectivity index (χ4n) is 5.14. The summed E-state index contributed by atoms with van der Waals surface area (Å²) in [4.78, 5) is 43.0. The zero-order valence-corrected chi connectivity index (χ0v) is 23.7. The second-order valence-corrected chi connectivity index (χ2v) is 10.3. The molecule has 1 N–H and O–H groups in total.